The largest absolute Gasteiger partial charge is 0.504 e. The van der Waals surface area contributed by atoms with Crippen LogP contribution in [-0.4, -0.2) is 17.4 Å². The van der Waals surface area contributed by atoms with Crippen molar-refractivity contribution in [2.24, 2.45) is 0 Å². The topological polar surface area (TPSA) is 81.5 Å². The molecule has 0 spiro atoms. The van der Waals surface area contributed by atoms with E-state index in [1.54, 1.807) is 6.07 Å². The van der Waals surface area contributed by atoms with Gasteiger partial charge in [0.2, 0.25) is 0 Å². The molecular weight excluding hydrogens is 276 g/mol. The summed E-state index contributed by atoms with van der Waals surface area (Å²) >= 11 is 3.34. The predicted octanol–water partition coefficient (Wildman–Crippen LogP) is 2.40. The highest BCUT2D eigenvalue weighted by molar-refractivity contribution is 9.10. The number of hydrogen-bond donors (Lipinski definition) is 2. The lowest BCUT2D eigenvalue weighted by molar-refractivity contribution is 0.373. The van der Waals surface area contributed by atoms with Gasteiger partial charge in [0.15, 0.2) is 17.3 Å². The van der Waals surface area contributed by atoms with Gasteiger partial charge in [0.25, 0.3) is 0 Å². The van der Waals surface area contributed by atoms with Crippen LogP contribution in [0, 0.1) is 0 Å². The van der Waals surface area contributed by atoms with Gasteiger partial charge in [-0.15, -0.1) is 0 Å². The molecule has 2 aromatic rings. The van der Waals surface area contributed by atoms with Crippen LogP contribution in [0.3, 0.4) is 0 Å². The van der Waals surface area contributed by atoms with Crippen molar-refractivity contribution < 1.29 is 14.4 Å². The highest BCUT2D eigenvalue weighted by Gasteiger charge is 2.15. The molecule has 2 rings (SSSR count). The number of phenols is 1. The Labute approximate surface area is 99.9 Å². The smallest absolute Gasteiger partial charge is 0.190 e. The number of rotatable bonds is 2. The first-order valence-electron chi connectivity index (χ1n) is 4.40. The van der Waals surface area contributed by atoms with Crippen molar-refractivity contribution in [3.63, 3.8) is 0 Å². The summed E-state index contributed by atoms with van der Waals surface area (Å²) in [6.07, 6.45) is 1.41. The average Bonchev–Trinajstić information content (AvgIpc) is 2.67. The standard InChI is InChI=1S/C10H9BrN2O3/c1-15-9-3-6(11)5(2-8(9)14)10-7(12)4-13-16-10/h2-4,14H,12H2,1H3. The molecule has 0 radical (unpaired) electrons. The molecule has 0 amide bonds. The summed E-state index contributed by atoms with van der Waals surface area (Å²) in [7, 11) is 1.48. The van der Waals surface area contributed by atoms with Crippen molar-refractivity contribution in [3.8, 4) is 22.8 Å². The zero-order chi connectivity index (χ0) is 11.7. The Morgan fingerprint density at radius 3 is 2.81 bits per heavy atom. The van der Waals surface area contributed by atoms with Crippen LogP contribution >= 0.6 is 15.9 Å². The van der Waals surface area contributed by atoms with E-state index in [1.807, 2.05) is 0 Å². The second kappa shape index (κ2) is 4.05. The minimum atomic E-state index is 0.0106. The van der Waals surface area contributed by atoms with E-state index in [9.17, 15) is 5.11 Å². The van der Waals surface area contributed by atoms with Gasteiger partial charge in [0.1, 0.15) is 5.69 Å². The molecular formula is C10H9BrN2O3. The summed E-state index contributed by atoms with van der Waals surface area (Å²) in [6.45, 7) is 0. The van der Waals surface area contributed by atoms with E-state index in [4.69, 9.17) is 15.0 Å². The van der Waals surface area contributed by atoms with Crippen molar-refractivity contribution in [1.29, 1.82) is 0 Å². The molecule has 0 aliphatic carbocycles. The fraction of sp³-hybridized carbons (Fsp3) is 0.100. The summed E-state index contributed by atoms with van der Waals surface area (Å²) in [5.41, 5.74) is 6.70. The molecule has 0 saturated heterocycles. The van der Waals surface area contributed by atoms with Gasteiger partial charge in [-0.1, -0.05) is 5.16 Å². The number of phenolic OH excluding ortho intramolecular Hbond substituents is 1. The first kappa shape index (κ1) is 10.8. The highest BCUT2D eigenvalue weighted by Crippen LogP contribution is 2.39. The van der Waals surface area contributed by atoms with Gasteiger partial charge in [0, 0.05) is 10.0 Å². The third kappa shape index (κ3) is 1.71. The van der Waals surface area contributed by atoms with E-state index in [-0.39, 0.29) is 5.75 Å². The maximum absolute atomic E-state index is 9.66. The average molecular weight is 285 g/mol. The van der Waals surface area contributed by atoms with Crippen LogP contribution in [0.2, 0.25) is 0 Å². The number of nitrogens with two attached hydrogens (primary N) is 1. The van der Waals surface area contributed by atoms with Gasteiger partial charge < -0.3 is 20.1 Å². The molecule has 0 aliphatic rings. The predicted molar refractivity (Wildman–Crippen MR) is 62.3 cm³/mol. The second-order valence-electron chi connectivity index (χ2n) is 3.11. The van der Waals surface area contributed by atoms with Crippen LogP contribution in [-0.2, 0) is 0 Å². The van der Waals surface area contributed by atoms with Gasteiger partial charge in [-0.2, -0.15) is 0 Å². The SMILES string of the molecule is COc1cc(Br)c(-c2oncc2N)cc1O. The van der Waals surface area contributed by atoms with Crippen LogP contribution in [0.1, 0.15) is 0 Å². The quantitative estimate of drug-likeness (QED) is 0.885. The molecule has 5 nitrogen and oxygen atoms in total. The van der Waals surface area contributed by atoms with Crippen molar-refractivity contribution >= 4 is 21.6 Å². The molecule has 6 heteroatoms. The molecule has 84 valence electrons. The van der Waals surface area contributed by atoms with Crippen LogP contribution < -0.4 is 10.5 Å². The monoisotopic (exact) mass is 284 g/mol. The third-order valence-electron chi connectivity index (χ3n) is 2.11. The number of hydrogen-bond acceptors (Lipinski definition) is 5. The van der Waals surface area contributed by atoms with E-state index in [1.165, 1.54) is 19.4 Å². The third-order valence-corrected chi connectivity index (χ3v) is 2.77. The molecule has 16 heavy (non-hydrogen) atoms. The van der Waals surface area contributed by atoms with Crippen molar-refractivity contribution in [1.82, 2.24) is 5.16 Å². The minimum absolute atomic E-state index is 0.0106. The van der Waals surface area contributed by atoms with Gasteiger partial charge >= 0.3 is 0 Å². The first-order valence-corrected chi connectivity index (χ1v) is 5.19. The number of aromatic hydroxyl groups is 1. The van der Waals surface area contributed by atoms with Crippen LogP contribution in [0.25, 0.3) is 11.3 Å². The highest BCUT2D eigenvalue weighted by atomic mass is 79.9. The van der Waals surface area contributed by atoms with E-state index in [2.05, 4.69) is 21.1 Å². The van der Waals surface area contributed by atoms with E-state index >= 15 is 0 Å². The lowest BCUT2D eigenvalue weighted by Gasteiger charge is -2.07. The normalized spacial score (nSPS) is 10.4. The zero-order valence-electron chi connectivity index (χ0n) is 8.40. The molecule has 1 aromatic carbocycles. The van der Waals surface area contributed by atoms with Crippen molar-refractivity contribution in [2.45, 2.75) is 0 Å². The first-order chi connectivity index (χ1) is 7.63. The Balaban J connectivity index is 2.59. The number of benzene rings is 1. The van der Waals surface area contributed by atoms with Crippen molar-refractivity contribution in [3.05, 3.63) is 22.8 Å². The van der Waals surface area contributed by atoms with Gasteiger partial charge in [0.05, 0.1) is 13.3 Å². The lowest BCUT2D eigenvalue weighted by atomic mass is 10.1. The fourth-order valence-electron chi connectivity index (χ4n) is 1.33. The van der Waals surface area contributed by atoms with E-state index in [0.29, 0.717) is 27.2 Å². The molecule has 0 atom stereocenters. The van der Waals surface area contributed by atoms with Gasteiger partial charge in [-0.3, -0.25) is 0 Å². The lowest BCUT2D eigenvalue weighted by Crippen LogP contribution is -1.88. The van der Waals surface area contributed by atoms with E-state index < -0.39 is 0 Å². The summed E-state index contributed by atoms with van der Waals surface area (Å²) in [6, 6.07) is 3.13. The number of anilines is 1. The van der Waals surface area contributed by atoms with Crippen LogP contribution in [0.4, 0.5) is 5.69 Å². The van der Waals surface area contributed by atoms with Gasteiger partial charge in [-0.05, 0) is 28.1 Å². The number of halogens is 1. The minimum Gasteiger partial charge on any atom is -0.504 e. The number of nitrogens with zero attached hydrogens (tertiary/aromatic N) is 1. The maximum atomic E-state index is 9.66. The number of methoxy groups -OCH3 is 1. The summed E-state index contributed by atoms with van der Waals surface area (Å²) < 4.78 is 10.7. The van der Waals surface area contributed by atoms with Gasteiger partial charge in [-0.25, -0.2) is 0 Å². The summed E-state index contributed by atoms with van der Waals surface area (Å²) in [4.78, 5) is 0. The van der Waals surface area contributed by atoms with Crippen LogP contribution in [0.5, 0.6) is 11.5 Å². The molecule has 0 fully saturated rings. The Morgan fingerprint density at radius 2 is 2.25 bits per heavy atom. The molecule has 0 unspecified atom stereocenters. The number of ether oxygens (including phenoxy) is 1. The molecule has 0 bridgehead atoms. The molecule has 0 aliphatic heterocycles. The fourth-order valence-corrected chi connectivity index (χ4v) is 1.84. The van der Waals surface area contributed by atoms with Crippen molar-refractivity contribution in [2.75, 3.05) is 12.8 Å². The Kier molecular flexibility index (Phi) is 2.74. The molecule has 1 aromatic heterocycles. The summed E-state index contributed by atoms with van der Waals surface area (Å²) in [5.74, 6) is 0.787. The number of aromatic nitrogens is 1. The Hall–Kier alpha value is -1.69. The molecule has 1 heterocycles. The Bertz CT molecular complexity index is 525. The summed E-state index contributed by atoms with van der Waals surface area (Å²) in [5, 5.41) is 13.2. The number of nitrogen functional groups attached to an aromatic ring is 1. The molecule has 0 saturated carbocycles. The zero-order valence-corrected chi connectivity index (χ0v) is 9.98. The maximum Gasteiger partial charge on any atom is 0.190 e. The second-order valence-corrected chi connectivity index (χ2v) is 3.97. The van der Waals surface area contributed by atoms with E-state index in [0.717, 1.165) is 0 Å². The van der Waals surface area contributed by atoms with Crippen LogP contribution in [0.15, 0.2) is 27.3 Å². The molecule has 3 N–H and O–H groups in total. The Morgan fingerprint density at radius 1 is 1.50 bits per heavy atom.